The van der Waals surface area contributed by atoms with Crippen LogP contribution in [0.2, 0.25) is 0 Å². The molecule has 0 fully saturated rings. The first-order valence-electron chi connectivity index (χ1n) is 13.2. The average Bonchev–Trinajstić information content (AvgIpc) is 3.34. The molecule has 0 aliphatic heterocycles. The van der Waals surface area contributed by atoms with Gasteiger partial charge in [0, 0.05) is 5.56 Å². The van der Waals surface area contributed by atoms with Gasteiger partial charge in [0.15, 0.2) is 17.2 Å². The van der Waals surface area contributed by atoms with Crippen LogP contribution in [0.4, 0.5) is 0 Å². The number of unbranched alkanes of at least 4 members (excludes halogenated alkanes) is 10. The van der Waals surface area contributed by atoms with Gasteiger partial charge in [-0.1, -0.05) is 78.1 Å². The maximum atomic E-state index is 12.2. The van der Waals surface area contributed by atoms with E-state index in [1.54, 1.807) is 6.92 Å². The summed E-state index contributed by atoms with van der Waals surface area (Å²) in [5.74, 6) is 0.906. The lowest BCUT2D eigenvalue weighted by molar-refractivity contribution is 0.0520. The van der Waals surface area contributed by atoms with Crippen molar-refractivity contribution >= 4 is 5.97 Å². The van der Waals surface area contributed by atoms with E-state index in [9.17, 15) is 4.79 Å². The Bertz CT molecular complexity index is 822. The van der Waals surface area contributed by atoms with E-state index in [-0.39, 0.29) is 12.3 Å². The van der Waals surface area contributed by atoms with Crippen LogP contribution in [0.25, 0.3) is 11.3 Å². The van der Waals surface area contributed by atoms with Crippen molar-refractivity contribution in [1.29, 1.82) is 0 Å². The van der Waals surface area contributed by atoms with Gasteiger partial charge in [0.1, 0.15) is 5.69 Å². The summed E-state index contributed by atoms with van der Waals surface area (Å²) in [6.45, 7) is 7.80. The highest BCUT2D eigenvalue weighted by Crippen LogP contribution is 2.33. The van der Waals surface area contributed by atoms with E-state index in [1.165, 1.54) is 57.8 Å². The highest BCUT2D eigenvalue weighted by atomic mass is 16.5. The Morgan fingerprint density at radius 3 is 1.97 bits per heavy atom. The predicted octanol–water partition coefficient (Wildman–Crippen LogP) is 7.13. The molecule has 0 bridgehead atoms. The monoisotopic (exact) mass is 473 g/mol. The Morgan fingerprint density at radius 2 is 1.35 bits per heavy atom. The molecule has 34 heavy (non-hydrogen) atoms. The van der Waals surface area contributed by atoms with Gasteiger partial charge in [-0.25, -0.2) is 4.79 Å². The second-order valence-corrected chi connectivity index (χ2v) is 8.64. The fourth-order valence-corrected chi connectivity index (χ4v) is 3.79. The molecule has 0 spiro atoms. The summed E-state index contributed by atoms with van der Waals surface area (Å²) in [7, 11) is 0. The number of rotatable bonds is 19. The fourth-order valence-electron chi connectivity index (χ4n) is 3.79. The van der Waals surface area contributed by atoms with Crippen LogP contribution < -0.4 is 9.47 Å². The highest BCUT2D eigenvalue weighted by Gasteiger charge is 2.20. The van der Waals surface area contributed by atoms with E-state index in [0.29, 0.717) is 24.7 Å². The molecule has 1 N–H and O–H groups in total. The Labute approximate surface area is 205 Å². The third-order valence-electron chi connectivity index (χ3n) is 5.74. The molecule has 1 aromatic carbocycles. The van der Waals surface area contributed by atoms with Crippen LogP contribution in [0.5, 0.6) is 11.5 Å². The maximum Gasteiger partial charge on any atom is 0.361 e. The molecule has 0 saturated heterocycles. The third kappa shape index (κ3) is 9.74. The minimum atomic E-state index is -0.496. The minimum Gasteiger partial charge on any atom is -0.490 e. The van der Waals surface area contributed by atoms with Crippen molar-refractivity contribution in [3.05, 3.63) is 23.9 Å². The van der Waals surface area contributed by atoms with E-state index in [0.717, 1.165) is 30.6 Å². The van der Waals surface area contributed by atoms with E-state index in [1.807, 2.05) is 18.2 Å². The van der Waals surface area contributed by atoms with Crippen molar-refractivity contribution in [2.75, 3.05) is 19.8 Å². The van der Waals surface area contributed by atoms with Gasteiger partial charge in [0.25, 0.3) is 0 Å². The van der Waals surface area contributed by atoms with Gasteiger partial charge in [0.05, 0.1) is 19.8 Å². The zero-order chi connectivity index (χ0) is 24.4. The molecule has 0 unspecified atom stereocenters. The second kappa shape index (κ2) is 17.0. The molecule has 0 atom stereocenters. The summed E-state index contributed by atoms with van der Waals surface area (Å²) < 4.78 is 17.3. The summed E-state index contributed by atoms with van der Waals surface area (Å²) in [6.07, 6.45) is 14.5. The number of nitrogens with one attached hydrogen (secondary N) is 1. The lowest BCUT2D eigenvalue weighted by Crippen LogP contribution is -2.07. The smallest absolute Gasteiger partial charge is 0.361 e. The fraction of sp³-hybridized carbons (Fsp3) is 0.667. The summed E-state index contributed by atoms with van der Waals surface area (Å²) in [6, 6.07) is 5.66. The summed E-state index contributed by atoms with van der Waals surface area (Å²) in [5.41, 5.74) is 1.36. The predicted molar refractivity (Wildman–Crippen MR) is 136 cm³/mol. The van der Waals surface area contributed by atoms with Crippen LogP contribution in [0.1, 0.15) is 108 Å². The molecular formula is C27H43N3O4. The van der Waals surface area contributed by atoms with Crippen LogP contribution in [0.3, 0.4) is 0 Å². The van der Waals surface area contributed by atoms with Crippen molar-refractivity contribution < 1.29 is 19.0 Å². The molecule has 0 amide bonds. The normalized spacial score (nSPS) is 10.9. The number of hydrogen-bond acceptors (Lipinski definition) is 6. The summed E-state index contributed by atoms with van der Waals surface area (Å²) in [4.78, 5) is 12.2. The van der Waals surface area contributed by atoms with Crippen molar-refractivity contribution in [1.82, 2.24) is 15.4 Å². The van der Waals surface area contributed by atoms with Crippen molar-refractivity contribution in [2.45, 2.75) is 97.8 Å². The standard InChI is InChI=1S/C27H43N3O4/c1-4-7-9-11-13-15-19-33-23-18-17-22(25-26(29-30-28-25)27(31)32-6-3)21-24(23)34-20-16-14-12-10-8-5-2/h17-18,21H,4-16,19-20H2,1-3H3,(H,28,29,30). The van der Waals surface area contributed by atoms with Crippen molar-refractivity contribution in [2.24, 2.45) is 0 Å². The van der Waals surface area contributed by atoms with Crippen molar-refractivity contribution in [3.63, 3.8) is 0 Å². The molecule has 190 valence electrons. The Kier molecular flexibility index (Phi) is 13.8. The van der Waals surface area contributed by atoms with Crippen LogP contribution in [-0.2, 0) is 4.74 Å². The molecule has 1 aromatic heterocycles. The number of aromatic nitrogens is 3. The van der Waals surface area contributed by atoms with Crippen LogP contribution in [-0.4, -0.2) is 41.2 Å². The van der Waals surface area contributed by atoms with E-state index >= 15 is 0 Å². The molecule has 0 saturated carbocycles. The second-order valence-electron chi connectivity index (χ2n) is 8.64. The first kappa shape index (κ1) is 27.7. The molecule has 7 heteroatoms. The van der Waals surface area contributed by atoms with Gasteiger partial charge in [-0.15, -0.1) is 5.10 Å². The van der Waals surface area contributed by atoms with Gasteiger partial charge < -0.3 is 14.2 Å². The SMILES string of the molecule is CCCCCCCCOc1ccc(-c2n[nH]nc2C(=O)OCC)cc1OCCCCCCCC. The van der Waals surface area contributed by atoms with Gasteiger partial charge in [0.2, 0.25) is 0 Å². The number of esters is 1. The molecule has 0 aliphatic rings. The number of ether oxygens (including phenoxy) is 3. The zero-order valence-electron chi connectivity index (χ0n) is 21.4. The largest absolute Gasteiger partial charge is 0.490 e. The quantitative estimate of drug-likeness (QED) is 0.172. The van der Waals surface area contributed by atoms with Gasteiger partial charge in [-0.3, -0.25) is 0 Å². The zero-order valence-corrected chi connectivity index (χ0v) is 21.4. The van der Waals surface area contributed by atoms with Gasteiger partial charge in [-0.05, 0) is 38.0 Å². The number of H-pyrrole nitrogens is 1. The molecule has 2 aromatic rings. The number of carbonyl (C=O) groups is 1. The molecule has 7 nitrogen and oxygen atoms in total. The van der Waals surface area contributed by atoms with Gasteiger partial charge >= 0.3 is 5.97 Å². The van der Waals surface area contributed by atoms with E-state index in [2.05, 4.69) is 29.3 Å². The van der Waals surface area contributed by atoms with E-state index < -0.39 is 5.97 Å². The topological polar surface area (TPSA) is 86.3 Å². The Balaban J connectivity index is 2.03. The number of aromatic amines is 1. The Morgan fingerprint density at radius 1 is 0.765 bits per heavy atom. The van der Waals surface area contributed by atoms with Gasteiger partial charge in [-0.2, -0.15) is 10.3 Å². The van der Waals surface area contributed by atoms with Crippen LogP contribution in [0.15, 0.2) is 18.2 Å². The maximum absolute atomic E-state index is 12.2. The number of hydrogen-bond donors (Lipinski definition) is 1. The van der Waals surface area contributed by atoms with Crippen LogP contribution in [0, 0.1) is 0 Å². The molecule has 2 rings (SSSR count). The summed E-state index contributed by atoms with van der Waals surface area (Å²) >= 11 is 0. The molecular weight excluding hydrogens is 430 g/mol. The average molecular weight is 474 g/mol. The highest BCUT2D eigenvalue weighted by molar-refractivity contribution is 5.94. The number of benzene rings is 1. The van der Waals surface area contributed by atoms with Crippen LogP contribution >= 0.6 is 0 Å². The van der Waals surface area contributed by atoms with Crippen molar-refractivity contribution in [3.8, 4) is 22.8 Å². The minimum absolute atomic E-state index is 0.171. The lowest BCUT2D eigenvalue weighted by Gasteiger charge is -2.14. The number of nitrogens with zero attached hydrogens (tertiary/aromatic N) is 2. The molecule has 0 aliphatic carbocycles. The summed E-state index contributed by atoms with van der Waals surface area (Å²) in [5, 5.41) is 10.7. The lowest BCUT2D eigenvalue weighted by atomic mass is 10.1. The first-order valence-corrected chi connectivity index (χ1v) is 13.2. The third-order valence-corrected chi connectivity index (χ3v) is 5.74. The molecule has 1 heterocycles. The number of carbonyl (C=O) groups excluding carboxylic acids is 1. The molecule has 0 radical (unpaired) electrons. The Hall–Kier alpha value is -2.57. The van der Waals surface area contributed by atoms with E-state index in [4.69, 9.17) is 14.2 Å². The first-order chi connectivity index (χ1) is 16.7.